The Kier molecular flexibility index (Phi) is 6.97. The van der Waals surface area contributed by atoms with Crippen LogP contribution in [0.25, 0.3) is 0 Å². The Morgan fingerprint density at radius 1 is 1.40 bits per heavy atom. The molecule has 0 aromatic rings. The minimum atomic E-state index is -0.528. The molecule has 0 aliphatic heterocycles. The van der Waals surface area contributed by atoms with Gasteiger partial charge in [0.25, 0.3) is 0 Å². The molecule has 84 valence electrons. The molecule has 0 spiro atoms. The van der Waals surface area contributed by atoms with Crippen LogP contribution in [0.1, 0.15) is 26.2 Å². The summed E-state index contributed by atoms with van der Waals surface area (Å²) in [6.07, 6.45) is 3.15. The zero-order valence-electron chi connectivity index (χ0n) is 8.90. The van der Waals surface area contributed by atoms with Gasteiger partial charge in [-0.2, -0.15) is 0 Å². The highest BCUT2D eigenvalue weighted by atomic mass is 16.6. The first-order chi connectivity index (χ1) is 7.13. The summed E-state index contributed by atoms with van der Waals surface area (Å²) >= 11 is 0. The standard InChI is InChI=1S/C11H16O4/c1-4-7-9(15-10(12)5-2)8-11(13)14-6-3/h5-6,9H,2-4,7-8H2,1H3. The summed E-state index contributed by atoms with van der Waals surface area (Å²) in [5.41, 5.74) is 0. The number of esters is 2. The molecule has 0 heterocycles. The molecule has 0 fully saturated rings. The second-order valence-corrected chi connectivity index (χ2v) is 2.91. The van der Waals surface area contributed by atoms with Crippen molar-refractivity contribution in [3.05, 3.63) is 25.5 Å². The fourth-order valence-corrected chi connectivity index (χ4v) is 1.06. The average molecular weight is 212 g/mol. The van der Waals surface area contributed by atoms with Crippen molar-refractivity contribution in [2.45, 2.75) is 32.3 Å². The van der Waals surface area contributed by atoms with Gasteiger partial charge in [-0.25, -0.2) is 4.79 Å². The Balaban J connectivity index is 4.13. The van der Waals surface area contributed by atoms with E-state index in [1.807, 2.05) is 6.92 Å². The lowest BCUT2D eigenvalue weighted by Crippen LogP contribution is -2.21. The van der Waals surface area contributed by atoms with Crippen LogP contribution in [0.2, 0.25) is 0 Å². The van der Waals surface area contributed by atoms with Gasteiger partial charge in [0.2, 0.25) is 0 Å². The van der Waals surface area contributed by atoms with E-state index in [4.69, 9.17) is 4.74 Å². The predicted molar refractivity (Wildman–Crippen MR) is 55.9 cm³/mol. The molecule has 0 aliphatic carbocycles. The lowest BCUT2D eigenvalue weighted by molar-refractivity contribution is -0.149. The third kappa shape index (κ3) is 6.49. The molecule has 0 rings (SSSR count). The fourth-order valence-electron chi connectivity index (χ4n) is 1.06. The minimum Gasteiger partial charge on any atom is -0.459 e. The van der Waals surface area contributed by atoms with Gasteiger partial charge in [0.05, 0.1) is 12.7 Å². The summed E-state index contributed by atoms with van der Waals surface area (Å²) in [5, 5.41) is 0. The van der Waals surface area contributed by atoms with Crippen molar-refractivity contribution < 1.29 is 19.1 Å². The van der Waals surface area contributed by atoms with Crippen LogP contribution in [-0.4, -0.2) is 18.0 Å². The largest absolute Gasteiger partial charge is 0.459 e. The highest BCUT2D eigenvalue weighted by molar-refractivity contribution is 5.81. The van der Waals surface area contributed by atoms with E-state index in [-0.39, 0.29) is 6.42 Å². The third-order valence-corrected chi connectivity index (χ3v) is 1.67. The second-order valence-electron chi connectivity index (χ2n) is 2.91. The molecule has 1 unspecified atom stereocenters. The van der Waals surface area contributed by atoms with Gasteiger partial charge in [-0.3, -0.25) is 4.79 Å². The molecule has 0 saturated carbocycles. The summed E-state index contributed by atoms with van der Waals surface area (Å²) in [6.45, 7) is 8.48. The van der Waals surface area contributed by atoms with Crippen LogP contribution in [-0.2, 0) is 19.1 Å². The highest BCUT2D eigenvalue weighted by Gasteiger charge is 2.16. The maximum absolute atomic E-state index is 11.1. The van der Waals surface area contributed by atoms with Crippen molar-refractivity contribution in [2.24, 2.45) is 0 Å². The number of ether oxygens (including phenoxy) is 2. The molecule has 0 aliphatic rings. The third-order valence-electron chi connectivity index (χ3n) is 1.67. The molecule has 0 amide bonds. The van der Waals surface area contributed by atoms with Crippen molar-refractivity contribution in [3.63, 3.8) is 0 Å². The van der Waals surface area contributed by atoms with Gasteiger partial charge in [0.1, 0.15) is 6.10 Å². The number of carbonyl (C=O) groups is 2. The predicted octanol–water partition coefficient (Wildman–Crippen LogP) is 1.96. The SMILES string of the molecule is C=COC(=O)CC(CCC)OC(=O)C=C. The number of carbonyl (C=O) groups excluding carboxylic acids is 2. The summed E-state index contributed by atoms with van der Waals surface area (Å²) in [4.78, 5) is 22.0. The quantitative estimate of drug-likeness (QED) is 0.368. The molecule has 0 radical (unpaired) electrons. The fraction of sp³-hybridized carbons (Fsp3) is 0.455. The van der Waals surface area contributed by atoms with Crippen LogP contribution in [0.15, 0.2) is 25.5 Å². The molecule has 0 bridgehead atoms. The normalized spacial score (nSPS) is 11.3. The van der Waals surface area contributed by atoms with Crippen LogP contribution in [0, 0.1) is 0 Å². The van der Waals surface area contributed by atoms with Crippen molar-refractivity contribution in [1.29, 1.82) is 0 Å². The van der Waals surface area contributed by atoms with E-state index in [0.29, 0.717) is 6.42 Å². The molecule has 4 heteroatoms. The smallest absolute Gasteiger partial charge is 0.330 e. The molecule has 15 heavy (non-hydrogen) atoms. The van der Waals surface area contributed by atoms with E-state index in [2.05, 4.69) is 17.9 Å². The van der Waals surface area contributed by atoms with Gasteiger partial charge in [-0.1, -0.05) is 26.5 Å². The Morgan fingerprint density at radius 3 is 2.53 bits per heavy atom. The van der Waals surface area contributed by atoms with E-state index in [1.165, 1.54) is 0 Å². The highest BCUT2D eigenvalue weighted by Crippen LogP contribution is 2.08. The van der Waals surface area contributed by atoms with Crippen LogP contribution in [0.4, 0.5) is 0 Å². The number of hydrogen-bond acceptors (Lipinski definition) is 4. The van der Waals surface area contributed by atoms with Gasteiger partial charge in [-0.05, 0) is 6.42 Å². The first-order valence-electron chi connectivity index (χ1n) is 4.77. The molecule has 0 saturated heterocycles. The van der Waals surface area contributed by atoms with E-state index in [0.717, 1.165) is 18.8 Å². The summed E-state index contributed by atoms with van der Waals surface area (Å²) < 4.78 is 9.51. The molecular formula is C11H16O4. The second kappa shape index (κ2) is 7.79. The van der Waals surface area contributed by atoms with E-state index in [9.17, 15) is 9.59 Å². The molecule has 4 nitrogen and oxygen atoms in total. The Labute approximate surface area is 89.6 Å². The minimum absolute atomic E-state index is 0.0411. The Bertz CT molecular complexity index is 245. The molecule has 0 aromatic heterocycles. The van der Waals surface area contributed by atoms with E-state index < -0.39 is 18.0 Å². The first-order valence-corrected chi connectivity index (χ1v) is 4.77. The van der Waals surface area contributed by atoms with Gasteiger partial charge >= 0.3 is 11.9 Å². The lowest BCUT2D eigenvalue weighted by Gasteiger charge is -2.14. The summed E-state index contributed by atoms with van der Waals surface area (Å²) in [5.74, 6) is -0.986. The molecule has 0 aromatic carbocycles. The van der Waals surface area contributed by atoms with Crippen molar-refractivity contribution in [1.82, 2.24) is 0 Å². The van der Waals surface area contributed by atoms with Gasteiger partial charge < -0.3 is 9.47 Å². The van der Waals surface area contributed by atoms with E-state index >= 15 is 0 Å². The molecule has 1 atom stereocenters. The zero-order valence-corrected chi connectivity index (χ0v) is 8.90. The van der Waals surface area contributed by atoms with Crippen molar-refractivity contribution in [3.8, 4) is 0 Å². The first kappa shape index (κ1) is 13.4. The monoisotopic (exact) mass is 212 g/mol. The van der Waals surface area contributed by atoms with Crippen LogP contribution in [0.5, 0.6) is 0 Å². The molecular weight excluding hydrogens is 196 g/mol. The maximum atomic E-state index is 11.1. The Hall–Kier alpha value is -1.58. The van der Waals surface area contributed by atoms with Crippen LogP contribution in [0.3, 0.4) is 0 Å². The van der Waals surface area contributed by atoms with Crippen molar-refractivity contribution in [2.75, 3.05) is 0 Å². The summed E-state index contributed by atoms with van der Waals surface area (Å²) in [6, 6.07) is 0. The maximum Gasteiger partial charge on any atom is 0.330 e. The Morgan fingerprint density at radius 2 is 2.07 bits per heavy atom. The van der Waals surface area contributed by atoms with Gasteiger partial charge in [0.15, 0.2) is 0 Å². The summed E-state index contributed by atoms with van der Waals surface area (Å²) in [7, 11) is 0. The topological polar surface area (TPSA) is 52.6 Å². The van der Waals surface area contributed by atoms with Gasteiger partial charge in [-0.15, -0.1) is 0 Å². The van der Waals surface area contributed by atoms with Crippen LogP contribution < -0.4 is 0 Å². The van der Waals surface area contributed by atoms with Gasteiger partial charge in [0, 0.05) is 6.08 Å². The van der Waals surface area contributed by atoms with E-state index in [1.54, 1.807) is 0 Å². The van der Waals surface area contributed by atoms with Crippen molar-refractivity contribution >= 4 is 11.9 Å². The molecule has 0 N–H and O–H groups in total. The average Bonchev–Trinajstić information content (AvgIpc) is 2.18. The zero-order chi connectivity index (χ0) is 11.7. The van der Waals surface area contributed by atoms with Crippen LogP contribution >= 0.6 is 0 Å². The number of rotatable bonds is 7. The number of hydrogen-bond donors (Lipinski definition) is 0. The lowest BCUT2D eigenvalue weighted by atomic mass is 10.1.